The SMILES string of the molecule is CC(O)O[C@H](C)[C@H]1C(=O)N2C(C(=O)O)=C3C(CCC[C@@H]3N3c4cccc5c(CC[N+]67CC[N+](CC(N)=O)(CC6)CC7)ccc(c45)S3(=O)=O)[C@H]12. The fourth-order valence-corrected chi connectivity index (χ4v) is 12.2. The number of sulfonamides is 1. The quantitative estimate of drug-likeness (QED) is 0.189. The molecule has 0 spiro atoms. The van der Waals surface area contributed by atoms with Gasteiger partial charge in [0.05, 0.1) is 41.2 Å². The molecule has 6 aliphatic heterocycles. The summed E-state index contributed by atoms with van der Waals surface area (Å²) in [6.45, 7) is 10.3. The molecule has 2 amide bonds. The predicted molar refractivity (Wildman–Crippen MR) is 178 cm³/mol. The zero-order valence-electron chi connectivity index (χ0n) is 28.0. The molecule has 0 aromatic heterocycles. The van der Waals surface area contributed by atoms with E-state index in [0.717, 1.165) is 72.1 Å². The number of β-lactam (4-membered cyclic amide) rings is 1. The minimum Gasteiger partial charge on any atom is -0.477 e. The maximum absolute atomic E-state index is 14.5. The Morgan fingerprint density at radius 3 is 2.39 bits per heavy atom. The van der Waals surface area contributed by atoms with Crippen LogP contribution in [0.3, 0.4) is 0 Å². The van der Waals surface area contributed by atoms with E-state index < -0.39 is 46.4 Å². The molecule has 262 valence electrons. The molecule has 4 N–H and O–H groups in total. The topological polar surface area (TPSA) is 168 Å². The van der Waals surface area contributed by atoms with E-state index in [2.05, 4.69) is 0 Å². The van der Waals surface area contributed by atoms with Crippen molar-refractivity contribution in [2.24, 2.45) is 17.6 Å². The molecule has 13 nitrogen and oxygen atoms in total. The summed E-state index contributed by atoms with van der Waals surface area (Å²) in [7, 11) is -4.04. The smallest absolute Gasteiger partial charge is 0.352 e. The minimum absolute atomic E-state index is 0.111. The van der Waals surface area contributed by atoms with Crippen molar-refractivity contribution in [3.8, 4) is 0 Å². The predicted octanol–water partition coefficient (Wildman–Crippen LogP) is 1.13. The highest BCUT2D eigenvalue weighted by Gasteiger charge is 2.64. The molecule has 2 aromatic rings. The molecule has 1 aliphatic carbocycles. The van der Waals surface area contributed by atoms with Gasteiger partial charge in [-0.25, -0.2) is 13.2 Å². The molecule has 6 atom stereocenters. The number of carbonyl (C=O) groups excluding carboxylic acids is 2. The third-order valence-electron chi connectivity index (χ3n) is 12.6. The molecule has 2 bridgehead atoms. The molecule has 0 radical (unpaired) electrons. The van der Waals surface area contributed by atoms with Gasteiger partial charge in [0, 0.05) is 17.7 Å². The van der Waals surface area contributed by atoms with E-state index in [-0.39, 0.29) is 28.3 Å². The number of ether oxygens (including phenoxy) is 1. The first-order valence-electron chi connectivity index (χ1n) is 17.5. The molecular weight excluding hydrogens is 650 g/mol. The van der Waals surface area contributed by atoms with Gasteiger partial charge < -0.3 is 34.5 Å². The number of piperazine rings is 3. The lowest BCUT2D eigenvalue weighted by Crippen LogP contribution is -2.76. The molecule has 6 heterocycles. The van der Waals surface area contributed by atoms with Crippen molar-refractivity contribution >= 4 is 44.3 Å². The number of amides is 2. The third kappa shape index (κ3) is 4.78. The van der Waals surface area contributed by atoms with Gasteiger partial charge in [-0.15, -0.1) is 0 Å². The van der Waals surface area contributed by atoms with Gasteiger partial charge in [0.1, 0.15) is 45.0 Å². The number of carboxylic acid groups (broad SMARTS) is 1. The number of fused-ring (bicyclic) bond motifs is 6. The van der Waals surface area contributed by atoms with Crippen molar-refractivity contribution in [1.82, 2.24) is 4.90 Å². The zero-order valence-corrected chi connectivity index (χ0v) is 28.8. The fraction of sp³-hybridized carbons (Fsp3) is 0.571. The average molecular weight is 696 g/mol. The second kappa shape index (κ2) is 11.2. The first-order chi connectivity index (χ1) is 23.3. The maximum atomic E-state index is 14.5. The number of quaternary nitrogens is 2. The van der Waals surface area contributed by atoms with E-state index in [1.807, 2.05) is 24.3 Å². The van der Waals surface area contributed by atoms with Crippen molar-refractivity contribution in [1.29, 1.82) is 0 Å². The number of hydrogen-bond acceptors (Lipinski definition) is 7. The van der Waals surface area contributed by atoms with Gasteiger partial charge in [0.25, 0.3) is 15.9 Å². The number of carbonyl (C=O) groups is 3. The Bertz CT molecular complexity index is 1900. The Kier molecular flexibility index (Phi) is 7.47. The summed E-state index contributed by atoms with van der Waals surface area (Å²) >= 11 is 0. The van der Waals surface area contributed by atoms with Gasteiger partial charge in [-0.2, -0.15) is 0 Å². The number of primary amides is 1. The molecule has 1 saturated carbocycles. The summed E-state index contributed by atoms with van der Waals surface area (Å²) in [5.41, 5.74) is 7.58. The molecule has 2 aromatic carbocycles. The van der Waals surface area contributed by atoms with Gasteiger partial charge in [-0.05, 0) is 55.3 Å². The number of aliphatic hydroxyl groups is 1. The van der Waals surface area contributed by atoms with Gasteiger partial charge in [-0.3, -0.25) is 13.9 Å². The van der Waals surface area contributed by atoms with Crippen molar-refractivity contribution in [3.63, 3.8) is 0 Å². The number of aliphatic carboxylic acids is 1. The summed E-state index contributed by atoms with van der Waals surface area (Å²) < 4.78 is 37.7. The molecule has 14 heteroatoms. The molecule has 5 fully saturated rings. The third-order valence-corrected chi connectivity index (χ3v) is 14.5. The molecule has 4 saturated heterocycles. The lowest BCUT2D eigenvalue weighted by Gasteiger charge is -2.55. The van der Waals surface area contributed by atoms with Crippen LogP contribution in [0.1, 0.15) is 38.7 Å². The van der Waals surface area contributed by atoms with Crippen molar-refractivity contribution < 1.29 is 46.7 Å². The molecule has 49 heavy (non-hydrogen) atoms. The van der Waals surface area contributed by atoms with Crippen LogP contribution in [-0.2, 0) is 35.6 Å². The Morgan fingerprint density at radius 1 is 1.04 bits per heavy atom. The summed E-state index contributed by atoms with van der Waals surface area (Å²) in [5, 5.41) is 21.9. The number of nitrogens with zero attached hydrogens (tertiary/aromatic N) is 4. The lowest BCUT2D eigenvalue weighted by molar-refractivity contribution is -1.08. The Labute approximate surface area is 285 Å². The fourth-order valence-electron chi connectivity index (χ4n) is 10.3. The first-order valence-corrected chi connectivity index (χ1v) is 18.9. The number of nitrogens with two attached hydrogens (primary N) is 1. The highest BCUT2D eigenvalue weighted by atomic mass is 32.2. The van der Waals surface area contributed by atoms with Crippen LogP contribution < -0.4 is 10.0 Å². The number of rotatable bonds is 10. The van der Waals surface area contributed by atoms with Crippen LogP contribution in [0.5, 0.6) is 0 Å². The van der Waals surface area contributed by atoms with Crippen LogP contribution in [0.4, 0.5) is 5.69 Å². The Balaban J connectivity index is 1.12. The van der Waals surface area contributed by atoms with Crippen LogP contribution >= 0.6 is 0 Å². The van der Waals surface area contributed by atoms with Gasteiger partial charge >= 0.3 is 5.97 Å². The summed E-state index contributed by atoms with van der Waals surface area (Å²) in [6.07, 6.45) is 0.806. The van der Waals surface area contributed by atoms with E-state index in [1.54, 1.807) is 13.0 Å². The number of benzene rings is 2. The van der Waals surface area contributed by atoms with Crippen LogP contribution in [0, 0.1) is 11.8 Å². The van der Waals surface area contributed by atoms with Gasteiger partial charge in [-0.1, -0.05) is 24.6 Å². The van der Waals surface area contributed by atoms with Crippen molar-refractivity contribution in [2.75, 3.05) is 56.7 Å². The van der Waals surface area contributed by atoms with Crippen molar-refractivity contribution in [2.45, 2.75) is 68.9 Å². The highest BCUT2D eigenvalue weighted by molar-refractivity contribution is 7.93. The normalized spacial score (nSPS) is 33.7. The second-order valence-electron chi connectivity index (χ2n) is 15.2. The van der Waals surface area contributed by atoms with Crippen molar-refractivity contribution in [3.05, 3.63) is 47.2 Å². The monoisotopic (exact) mass is 695 g/mol. The second-order valence-corrected chi connectivity index (χ2v) is 17.0. The van der Waals surface area contributed by atoms with Crippen LogP contribution in [0.2, 0.25) is 0 Å². The molecular formula is C35H45N5O8S+2. The van der Waals surface area contributed by atoms with Crippen LogP contribution in [0.15, 0.2) is 46.5 Å². The average Bonchev–Trinajstić information content (AvgIpc) is 3.47. The van der Waals surface area contributed by atoms with Crippen LogP contribution in [-0.4, -0.2) is 127 Å². The largest absolute Gasteiger partial charge is 0.477 e. The summed E-state index contributed by atoms with van der Waals surface area (Å²) in [5.74, 6) is -2.82. The van der Waals surface area contributed by atoms with Crippen LogP contribution in [0.25, 0.3) is 10.8 Å². The number of carboxylic acids is 1. The van der Waals surface area contributed by atoms with E-state index in [9.17, 15) is 33.0 Å². The number of aliphatic hydroxyl groups excluding tert-OH is 1. The maximum Gasteiger partial charge on any atom is 0.352 e. The number of anilines is 1. The Morgan fingerprint density at radius 2 is 1.73 bits per heavy atom. The molecule has 9 rings (SSSR count). The lowest BCUT2D eigenvalue weighted by atomic mass is 9.71. The minimum atomic E-state index is -4.04. The first kappa shape index (κ1) is 32.6. The van der Waals surface area contributed by atoms with Gasteiger partial charge in [0.15, 0.2) is 12.8 Å². The summed E-state index contributed by atoms with van der Waals surface area (Å²) in [4.78, 5) is 39.5. The van der Waals surface area contributed by atoms with E-state index in [1.165, 1.54) is 16.1 Å². The van der Waals surface area contributed by atoms with E-state index in [4.69, 9.17) is 10.5 Å². The standard InChI is InChI=1S/C35H43N5O8S/c1-20(48-21(2)41)29-32-24-6-4-8-26(31(24)33(35(44)45)37(32)34(29)43)38-25-7-3-5-23-22(9-10-27(30(23)25)49(38,46)47)11-12-39-13-16-40(17-14-39,18-15-39)19-28(36)42/h3,5,7,9-10,20-21,24,26,29,32,41H,4,6,8,11-19H2,1-2H3,(H-2,36,42,44,45)/p+2/t20-,21?,24?,26+,29-,32-,39?,40?/m1/s1. The van der Waals surface area contributed by atoms with Gasteiger partial charge in [0.2, 0.25) is 5.91 Å². The van der Waals surface area contributed by atoms with E-state index in [0.29, 0.717) is 42.5 Å². The highest BCUT2D eigenvalue weighted by Crippen LogP contribution is 2.56. The summed E-state index contributed by atoms with van der Waals surface area (Å²) in [6, 6.07) is 8.11. The molecule has 2 unspecified atom stereocenters. The number of hydrogen-bond donors (Lipinski definition) is 3. The van der Waals surface area contributed by atoms with E-state index >= 15 is 0 Å². The zero-order chi connectivity index (χ0) is 34.6. The Hall–Kier alpha value is -3.56. The molecule has 7 aliphatic rings.